The number of nitrogens with zero attached hydrogens (tertiary/aromatic N) is 3. The van der Waals surface area contributed by atoms with Crippen LogP contribution >= 0.6 is 0 Å². The minimum absolute atomic E-state index is 0.144. The fourth-order valence-corrected chi connectivity index (χ4v) is 3.62. The van der Waals surface area contributed by atoms with E-state index in [1.54, 1.807) is 0 Å². The number of para-hydroxylation sites is 1. The van der Waals surface area contributed by atoms with Crippen LogP contribution in [0.1, 0.15) is 24.0 Å². The van der Waals surface area contributed by atoms with Crippen molar-refractivity contribution in [3.05, 3.63) is 71.9 Å². The van der Waals surface area contributed by atoms with Crippen LogP contribution < -0.4 is 0 Å². The van der Waals surface area contributed by atoms with Crippen molar-refractivity contribution in [3.8, 4) is 16.9 Å². The summed E-state index contributed by atoms with van der Waals surface area (Å²) in [7, 11) is 0. The van der Waals surface area contributed by atoms with E-state index in [0.717, 1.165) is 43.9 Å². The number of benzene rings is 2. The normalized spacial score (nSPS) is 16.1. The Morgan fingerprint density at radius 2 is 1.69 bits per heavy atom. The average molecular weight is 347 g/mol. The molecule has 0 saturated carbocycles. The average Bonchev–Trinajstić information content (AvgIpc) is 3.08. The maximum atomic E-state index is 9.77. The standard InChI is InChI=1S/C22H25N3O/c1-17-7-5-6-10-21(17)22-18(15-24-13-11-20(26)12-14-24)16-25(23-22)19-8-3-2-4-9-19/h2-10,16,20,26H,11-15H2,1H3. The van der Waals surface area contributed by atoms with Crippen LogP contribution in [0.2, 0.25) is 0 Å². The van der Waals surface area contributed by atoms with Gasteiger partial charge in [0.05, 0.1) is 17.5 Å². The fraction of sp³-hybridized carbons (Fsp3) is 0.318. The van der Waals surface area contributed by atoms with E-state index in [4.69, 9.17) is 5.10 Å². The first-order valence-corrected chi connectivity index (χ1v) is 9.31. The van der Waals surface area contributed by atoms with E-state index in [0.29, 0.717) is 0 Å². The molecule has 2 heterocycles. The first kappa shape index (κ1) is 17.0. The molecule has 0 spiro atoms. The number of hydrogen-bond acceptors (Lipinski definition) is 3. The molecule has 1 saturated heterocycles. The molecule has 2 aromatic carbocycles. The molecule has 1 aromatic heterocycles. The molecule has 0 amide bonds. The van der Waals surface area contributed by atoms with E-state index in [2.05, 4.69) is 54.4 Å². The number of aromatic nitrogens is 2. The molecule has 1 aliphatic heterocycles. The van der Waals surface area contributed by atoms with Gasteiger partial charge >= 0.3 is 0 Å². The van der Waals surface area contributed by atoms with Crippen LogP contribution in [0.15, 0.2) is 60.8 Å². The molecular formula is C22H25N3O. The summed E-state index contributed by atoms with van der Waals surface area (Å²) < 4.78 is 1.98. The Morgan fingerprint density at radius 1 is 1.00 bits per heavy atom. The van der Waals surface area contributed by atoms with E-state index in [-0.39, 0.29) is 6.10 Å². The number of aryl methyl sites for hydroxylation is 1. The fourth-order valence-electron chi connectivity index (χ4n) is 3.62. The highest BCUT2D eigenvalue weighted by Gasteiger charge is 2.20. The van der Waals surface area contributed by atoms with Crippen molar-refractivity contribution < 1.29 is 5.11 Å². The topological polar surface area (TPSA) is 41.3 Å². The first-order valence-electron chi connectivity index (χ1n) is 9.31. The van der Waals surface area contributed by atoms with Gasteiger partial charge in [0, 0.05) is 37.0 Å². The molecule has 134 valence electrons. The minimum atomic E-state index is -0.144. The van der Waals surface area contributed by atoms with Crippen molar-refractivity contribution in [2.45, 2.75) is 32.4 Å². The number of piperidine rings is 1. The van der Waals surface area contributed by atoms with Crippen LogP contribution in [0.5, 0.6) is 0 Å². The number of likely N-dealkylation sites (tertiary alicyclic amines) is 1. The molecule has 0 aliphatic carbocycles. The van der Waals surface area contributed by atoms with Crippen LogP contribution in [0.3, 0.4) is 0 Å². The molecule has 1 aliphatic rings. The second kappa shape index (κ2) is 7.44. The molecule has 4 heteroatoms. The molecule has 1 fully saturated rings. The van der Waals surface area contributed by atoms with Crippen molar-refractivity contribution in [1.29, 1.82) is 0 Å². The molecule has 4 rings (SSSR count). The lowest BCUT2D eigenvalue weighted by Gasteiger charge is -2.29. The second-order valence-corrected chi connectivity index (χ2v) is 7.11. The van der Waals surface area contributed by atoms with Gasteiger partial charge in [0.2, 0.25) is 0 Å². The Labute approximate surface area is 154 Å². The van der Waals surface area contributed by atoms with Gasteiger partial charge in [-0.2, -0.15) is 5.10 Å². The summed E-state index contributed by atoms with van der Waals surface area (Å²) in [6, 6.07) is 18.7. The summed E-state index contributed by atoms with van der Waals surface area (Å²) in [6.45, 7) is 4.87. The quantitative estimate of drug-likeness (QED) is 0.780. The zero-order chi connectivity index (χ0) is 17.9. The first-order chi connectivity index (χ1) is 12.7. The van der Waals surface area contributed by atoms with Gasteiger partial charge in [0.25, 0.3) is 0 Å². The number of aliphatic hydroxyl groups is 1. The van der Waals surface area contributed by atoms with Gasteiger partial charge in [-0.05, 0) is 37.5 Å². The number of aliphatic hydroxyl groups excluding tert-OH is 1. The lowest BCUT2D eigenvalue weighted by molar-refractivity contribution is 0.0793. The zero-order valence-corrected chi connectivity index (χ0v) is 15.2. The lowest BCUT2D eigenvalue weighted by atomic mass is 10.0. The highest BCUT2D eigenvalue weighted by molar-refractivity contribution is 5.66. The van der Waals surface area contributed by atoms with Crippen LogP contribution in [0.4, 0.5) is 0 Å². The summed E-state index contributed by atoms with van der Waals surface area (Å²) >= 11 is 0. The zero-order valence-electron chi connectivity index (χ0n) is 15.2. The molecule has 26 heavy (non-hydrogen) atoms. The predicted molar refractivity (Wildman–Crippen MR) is 104 cm³/mol. The molecule has 1 N–H and O–H groups in total. The van der Waals surface area contributed by atoms with Crippen LogP contribution in [-0.4, -0.2) is 39.0 Å². The highest BCUT2D eigenvalue weighted by atomic mass is 16.3. The number of hydrogen-bond donors (Lipinski definition) is 1. The second-order valence-electron chi connectivity index (χ2n) is 7.11. The third kappa shape index (κ3) is 3.57. The smallest absolute Gasteiger partial charge is 0.0975 e. The molecule has 0 radical (unpaired) electrons. The summed E-state index contributed by atoms with van der Waals surface area (Å²) in [6.07, 6.45) is 3.72. The van der Waals surface area contributed by atoms with Crippen molar-refractivity contribution in [3.63, 3.8) is 0 Å². The van der Waals surface area contributed by atoms with Crippen LogP contribution in [0.25, 0.3) is 16.9 Å². The van der Waals surface area contributed by atoms with Gasteiger partial charge in [-0.1, -0.05) is 42.5 Å². The highest BCUT2D eigenvalue weighted by Crippen LogP contribution is 2.28. The monoisotopic (exact) mass is 347 g/mol. The molecule has 0 unspecified atom stereocenters. The molecule has 0 bridgehead atoms. The Bertz CT molecular complexity index is 864. The Kier molecular flexibility index (Phi) is 4.87. The summed E-state index contributed by atoms with van der Waals surface area (Å²) in [4.78, 5) is 2.42. The van der Waals surface area contributed by atoms with Crippen molar-refractivity contribution in [2.24, 2.45) is 0 Å². The van der Waals surface area contributed by atoms with Gasteiger partial charge in [0.1, 0.15) is 0 Å². The predicted octanol–water partition coefficient (Wildman–Crippen LogP) is 3.80. The van der Waals surface area contributed by atoms with Gasteiger partial charge in [0.15, 0.2) is 0 Å². The minimum Gasteiger partial charge on any atom is -0.393 e. The molecule has 4 nitrogen and oxygen atoms in total. The Morgan fingerprint density at radius 3 is 2.42 bits per heavy atom. The van der Waals surface area contributed by atoms with Gasteiger partial charge < -0.3 is 5.11 Å². The third-order valence-electron chi connectivity index (χ3n) is 5.16. The van der Waals surface area contributed by atoms with Crippen molar-refractivity contribution in [2.75, 3.05) is 13.1 Å². The summed E-state index contributed by atoms with van der Waals surface area (Å²) in [5, 5.41) is 14.7. The molecular weight excluding hydrogens is 322 g/mol. The summed E-state index contributed by atoms with van der Waals surface area (Å²) in [5.41, 5.74) is 5.79. The van der Waals surface area contributed by atoms with Crippen LogP contribution in [-0.2, 0) is 6.54 Å². The number of rotatable bonds is 4. The van der Waals surface area contributed by atoms with Gasteiger partial charge in [-0.25, -0.2) is 4.68 Å². The molecule has 3 aromatic rings. The maximum absolute atomic E-state index is 9.77. The molecule has 0 atom stereocenters. The lowest BCUT2D eigenvalue weighted by Crippen LogP contribution is -2.35. The van der Waals surface area contributed by atoms with Crippen molar-refractivity contribution >= 4 is 0 Å². The van der Waals surface area contributed by atoms with E-state index >= 15 is 0 Å². The van der Waals surface area contributed by atoms with E-state index < -0.39 is 0 Å². The Hall–Kier alpha value is -2.43. The van der Waals surface area contributed by atoms with Gasteiger partial charge in [-0.15, -0.1) is 0 Å². The SMILES string of the molecule is Cc1ccccc1-c1nn(-c2ccccc2)cc1CN1CCC(O)CC1. The Balaban J connectivity index is 1.71. The van der Waals surface area contributed by atoms with Gasteiger partial charge in [-0.3, -0.25) is 4.90 Å². The maximum Gasteiger partial charge on any atom is 0.0975 e. The largest absolute Gasteiger partial charge is 0.393 e. The van der Waals surface area contributed by atoms with E-state index in [9.17, 15) is 5.11 Å². The van der Waals surface area contributed by atoms with Crippen LogP contribution in [0, 0.1) is 6.92 Å². The van der Waals surface area contributed by atoms with Crippen molar-refractivity contribution in [1.82, 2.24) is 14.7 Å². The summed E-state index contributed by atoms with van der Waals surface area (Å²) in [5.74, 6) is 0. The van der Waals surface area contributed by atoms with E-state index in [1.807, 2.05) is 22.9 Å². The van der Waals surface area contributed by atoms with E-state index in [1.165, 1.54) is 16.7 Å². The third-order valence-corrected chi connectivity index (χ3v) is 5.16.